The fourth-order valence-electron chi connectivity index (χ4n) is 5.28. The fourth-order valence-corrected chi connectivity index (χ4v) is 5.28. The number of piperidine rings is 1. The second-order valence-electron chi connectivity index (χ2n) is 9.97. The van der Waals surface area contributed by atoms with Gasteiger partial charge in [-0.1, -0.05) is 72.8 Å². The van der Waals surface area contributed by atoms with Crippen molar-refractivity contribution in [2.75, 3.05) is 13.7 Å². The normalized spacial score (nSPS) is 18.6. The zero-order valence-electron chi connectivity index (χ0n) is 22.7. The van der Waals surface area contributed by atoms with Crippen LogP contribution in [0.5, 0.6) is 11.8 Å². The molecule has 1 aromatic heterocycles. The largest absolute Gasteiger partial charge is 0.473 e. The van der Waals surface area contributed by atoms with Crippen LogP contribution in [-0.4, -0.2) is 30.6 Å². The molecule has 0 radical (unpaired) electrons. The second-order valence-corrected chi connectivity index (χ2v) is 9.97. The number of hydrogen-bond donors (Lipinski definition) is 1. The molecule has 4 aromatic rings. The molecule has 1 fully saturated rings. The summed E-state index contributed by atoms with van der Waals surface area (Å²) in [7, 11) is 1.38. The fraction of sp³-hybridized carbons (Fsp3) is 0.273. The summed E-state index contributed by atoms with van der Waals surface area (Å²) in [6, 6.07) is 28.3. The summed E-state index contributed by atoms with van der Waals surface area (Å²) < 4.78 is 32.9. The summed E-state index contributed by atoms with van der Waals surface area (Å²) in [6.45, 7) is 3.32. The van der Waals surface area contributed by atoms with Crippen LogP contribution in [0, 0.1) is 11.7 Å². The van der Waals surface area contributed by atoms with Crippen LogP contribution >= 0.6 is 0 Å². The van der Waals surface area contributed by atoms with Crippen LogP contribution in [0.15, 0.2) is 91.0 Å². The number of methoxy groups -OCH3 is 1. The van der Waals surface area contributed by atoms with Crippen molar-refractivity contribution in [1.82, 2.24) is 10.3 Å². The summed E-state index contributed by atoms with van der Waals surface area (Å²) in [5, 5.41) is 3.37. The van der Waals surface area contributed by atoms with E-state index in [1.807, 2.05) is 79.7 Å². The van der Waals surface area contributed by atoms with Crippen molar-refractivity contribution in [3.63, 3.8) is 0 Å². The number of nitrogens with one attached hydrogen (secondary N) is 1. The molecule has 40 heavy (non-hydrogen) atoms. The standard InChI is InChI=1S/C33H33FN2O4/c1-22-31(28(17-18-35-22)33(37)38-2)27-14-13-25(19-29(27)34)26-15-16-30(39-20-23-9-5-3-6-10-23)36-32(26)40-21-24-11-7-4-8-12-24/h3-16,19,22,28,31,35H,17-18,20-21H2,1-2H3. The van der Waals surface area contributed by atoms with Crippen molar-refractivity contribution in [3.8, 4) is 22.9 Å². The first-order valence-corrected chi connectivity index (χ1v) is 13.5. The third-order valence-electron chi connectivity index (χ3n) is 7.35. The number of nitrogens with zero attached hydrogens (tertiary/aromatic N) is 1. The molecule has 1 N–H and O–H groups in total. The summed E-state index contributed by atoms with van der Waals surface area (Å²) in [5.41, 5.74) is 3.76. The summed E-state index contributed by atoms with van der Waals surface area (Å²) >= 11 is 0. The van der Waals surface area contributed by atoms with Crippen LogP contribution < -0.4 is 14.8 Å². The average Bonchev–Trinajstić information content (AvgIpc) is 3.00. The van der Waals surface area contributed by atoms with Crippen LogP contribution in [0.4, 0.5) is 4.39 Å². The zero-order valence-corrected chi connectivity index (χ0v) is 22.7. The van der Waals surface area contributed by atoms with E-state index >= 15 is 4.39 Å². The Morgan fingerprint density at radius 3 is 2.25 bits per heavy atom. The maximum atomic E-state index is 15.7. The van der Waals surface area contributed by atoms with E-state index in [2.05, 4.69) is 10.3 Å². The molecule has 0 saturated carbocycles. The Hall–Kier alpha value is -4.23. The minimum atomic E-state index is -0.408. The predicted octanol–water partition coefficient (Wildman–Crippen LogP) is 6.30. The van der Waals surface area contributed by atoms with Gasteiger partial charge in [-0.25, -0.2) is 4.39 Å². The lowest BCUT2D eigenvalue weighted by Crippen LogP contribution is -2.45. The van der Waals surface area contributed by atoms with Crippen LogP contribution in [0.3, 0.4) is 0 Å². The number of benzene rings is 3. The van der Waals surface area contributed by atoms with Gasteiger partial charge in [-0.3, -0.25) is 4.79 Å². The van der Waals surface area contributed by atoms with E-state index in [9.17, 15) is 4.79 Å². The summed E-state index contributed by atoms with van der Waals surface area (Å²) in [5.74, 6) is -0.679. The van der Waals surface area contributed by atoms with Crippen molar-refractivity contribution in [2.45, 2.75) is 38.5 Å². The Morgan fingerprint density at radius 1 is 0.925 bits per heavy atom. The smallest absolute Gasteiger partial charge is 0.309 e. The molecule has 0 spiro atoms. The van der Waals surface area contributed by atoms with Crippen molar-refractivity contribution in [3.05, 3.63) is 114 Å². The lowest BCUT2D eigenvalue weighted by molar-refractivity contribution is -0.147. The molecule has 6 nitrogen and oxygen atoms in total. The van der Waals surface area contributed by atoms with Crippen molar-refractivity contribution >= 4 is 5.97 Å². The highest BCUT2D eigenvalue weighted by molar-refractivity contribution is 5.74. The van der Waals surface area contributed by atoms with E-state index in [-0.39, 0.29) is 23.7 Å². The highest BCUT2D eigenvalue weighted by Gasteiger charge is 2.38. The van der Waals surface area contributed by atoms with Gasteiger partial charge in [0.15, 0.2) is 0 Å². The Morgan fingerprint density at radius 2 is 1.60 bits per heavy atom. The third-order valence-corrected chi connectivity index (χ3v) is 7.35. The van der Waals surface area contributed by atoms with Crippen molar-refractivity contribution < 1.29 is 23.4 Å². The van der Waals surface area contributed by atoms with Gasteiger partial charge in [-0.05, 0) is 54.3 Å². The highest BCUT2D eigenvalue weighted by atomic mass is 19.1. The number of pyridine rings is 1. The molecule has 0 bridgehead atoms. The Bertz CT molecular complexity index is 1430. The summed E-state index contributed by atoms with van der Waals surface area (Å²) in [4.78, 5) is 17.1. The van der Waals surface area contributed by atoms with Crippen LogP contribution in [-0.2, 0) is 22.7 Å². The molecule has 206 valence electrons. The molecule has 2 heterocycles. The third kappa shape index (κ3) is 6.32. The first-order valence-electron chi connectivity index (χ1n) is 13.5. The molecule has 7 heteroatoms. The van der Waals surface area contributed by atoms with Gasteiger partial charge in [0.05, 0.1) is 13.0 Å². The maximum absolute atomic E-state index is 15.7. The summed E-state index contributed by atoms with van der Waals surface area (Å²) in [6.07, 6.45) is 0.592. The van der Waals surface area contributed by atoms with Gasteiger partial charge in [0.1, 0.15) is 19.0 Å². The molecule has 1 saturated heterocycles. The number of hydrogen-bond acceptors (Lipinski definition) is 6. The van der Waals surface area contributed by atoms with E-state index in [4.69, 9.17) is 14.2 Å². The number of carbonyl (C=O) groups excluding carboxylic acids is 1. The quantitative estimate of drug-likeness (QED) is 0.251. The average molecular weight is 541 g/mol. The number of rotatable bonds is 9. The predicted molar refractivity (Wildman–Crippen MR) is 152 cm³/mol. The number of carbonyl (C=O) groups is 1. The van der Waals surface area contributed by atoms with Crippen LogP contribution in [0.1, 0.15) is 36.0 Å². The van der Waals surface area contributed by atoms with E-state index < -0.39 is 5.92 Å². The van der Waals surface area contributed by atoms with E-state index in [1.165, 1.54) is 13.2 Å². The van der Waals surface area contributed by atoms with Crippen LogP contribution in [0.2, 0.25) is 0 Å². The number of esters is 1. The van der Waals surface area contributed by atoms with Crippen molar-refractivity contribution in [1.29, 1.82) is 0 Å². The van der Waals surface area contributed by atoms with Gasteiger partial charge in [0, 0.05) is 23.6 Å². The lowest BCUT2D eigenvalue weighted by Gasteiger charge is -2.36. The topological polar surface area (TPSA) is 69.7 Å². The molecule has 3 aromatic carbocycles. The molecule has 0 amide bonds. The SMILES string of the molecule is COC(=O)C1CCNC(C)C1c1ccc(-c2ccc(OCc3ccccc3)nc2OCc2ccccc2)cc1F. The molecule has 1 aliphatic heterocycles. The zero-order chi connectivity index (χ0) is 27.9. The molecule has 1 aliphatic rings. The van der Waals surface area contributed by atoms with Gasteiger partial charge in [0.2, 0.25) is 11.8 Å². The molecule has 3 atom stereocenters. The van der Waals surface area contributed by atoms with Crippen molar-refractivity contribution in [2.24, 2.45) is 5.92 Å². The highest BCUT2D eigenvalue weighted by Crippen LogP contribution is 2.38. The monoisotopic (exact) mass is 540 g/mol. The Kier molecular flexibility index (Phi) is 8.71. The van der Waals surface area contributed by atoms with Crippen LogP contribution in [0.25, 0.3) is 11.1 Å². The molecular weight excluding hydrogens is 507 g/mol. The number of aromatic nitrogens is 1. The molecule has 5 rings (SSSR count). The van der Waals surface area contributed by atoms with E-state index in [0.29, 0.717) is 54.6 Å². The number of ether oxygens (including phenoxy) is 3. The molecule has 3 unspecified atom stereocenters. The van der Waals surface area contributed by atoms with E-state index in [1.54, 1.807) is 12.1 Å². The van der Waals surface area contributed by atoms with E-state index in [0.717, 1.165) is 11.1 Å². The first kappa shape index (κ1) is 27.3. The van der Waals surface area contributed by atoms with Gasteiger partial charge in [-0.2, -0.15) is 4.98 Å². The van der Waals surface area contributed by atoms with Gasteiger partial charge in [0.25, 0.3) is 0 Å². The van der Waals surface area contributed by atoms with Gasteiger partial charge < -0.3 is 19.5 Å². The minimum Gasteiger partial charge on any atom is -0.473 e. The molecular formula is C33H33FN2O4. The maximum Gasteiger partial charge on any atom is 0.309 e. The van der Waals surface area contributed by atoms with Gasteiger partial charge in [-0.15, -0.1) is 0 Å². The Balaban J connectivity index is 1.44. The number of halogens is 1. The first-order chi connectivity index (χ1) is 19.5. The minimum absolute atomic E-state index is 0.0781. The Labute approximate surface area is 234 Å². The second kappa shape index (κ2) is 12.7. The lowest BCUT2D eigenvalue weighted by atomic mass is 9.76. The molecule has 0 aliphatic carbocycles. The van der Waals surface area contributed by atoms with Gasteiger partial charge >= 0.3 is 5.97 Å².